The molecule has 0 radical (unpaired) electrons. The number of amides is 1. The maximum absolute atomic E-state index is 11.4. The average molecular weight is 339 g/mol. The molecule has 0 aromatic heterocycles. The van der Waals surface area contributed by atoms with Crippen molar-refractivity contribution in [1.29, 1.82) is 0 Å². The molecule has 0 aliphatic heterocycles. The Morgan fingerprint density at radius 3 is 2.14 bits per heavy atom. The Balaban J connectivity index is 3.54. The Bertz CT molecular complexity index is 269. The van der Waals surface area contributed by atoms with Crippen molar-refractivity contribution in [3.05, 3.63) is 0 Å². The molecule has 9 heteroatoms. The van der Waals surface area contributed by atoms with Crippen LogP contribution in [0.3, 0.4) is 0 Å². The molecule has 0 rings (SSSR count). The molecule has 0 unspecified atom stereocenters. The highest BCUT2D eigenvalue weighted by molar-refractivity contribution is 6.60. The summed E-state index contributed by atoms with van der Waals surface area (Å²) in [5, 5.41) is 2.65. The highest BCUT2D eigenvalue weighted by Crippen LogP contribution is 2.14. The SMILES string of the molecule is CCOCCOCCOC(=O)NCCC[Si](OC)(OC)OC. The van der Waals surface area contributed by atoms with E-state index in [1.807, 2.05) is 6.92 Å². The molecular weight excluding hydrogens is 310 g/mol. The van der Waals surface area contributed by atoms with Gasteiger partial charge in [-0.3, -0.25) is 0 Å². The van der Waals surface area contributed by atoms with Crippen molar-refractivity contribution in [2.75, 3.05) is 60.9 Å². The fourth-order valence-electron chi connectivity index (χ4n) is 1.66. The Morgan fingerprint density at radius 2 is 1.55 bits per heavy atom. The molecule has 0 spiro atoms. The summed E-state index contributed by atoms with van der Waals surface area (Å²) in [4.78, 5) is 11.4. The van der Waals surface area contributed by atoms with Gasteiger partial charge in [0.1, 0.15) is 6.61 Å². The maximum atomic E-state index is 11.4. The summed E-state index contributed by atoms with van der Waals surface area (Å²) in [7, 11) is 2.13. The molecule has 0 bridgehead atoms. The lowest BCUT2D eigenvalue weighted by molar-refractivity contribution is 0.0314. The van der Waals surface area contributed by atoms with Gasteiger partial charge in [0, 0.05) is 40.5 Å². The second kappa shape index (κ2) is 13.9. The predicted molar refractivity (Wildman–Crippen MR) is 82.9 cm³/mol. The molecule has 0 atom stereocenters. The van der Waals surface area contributed by atoms with E-state index in [-0.39, 0.29) is 6.61 Å². The zero-order valence-corrected chi connectivity index (χ0v) is 15.0. The number of hydrogen-bond donors (Lipinski definition) is 1. The van der Waals surface area contributed by atoms with Gasteiger partial charge in [0.15, 0.2) is 0 Å². The van der Waals surface area contributed by atoms with Gasteiger partial charge in [-0.25, -0.2) is 4.79 Å². The molecule has 22 heavy (non-hydrogen) atoms. The fourth-order valence-corrected chi connectivity index (χ4v) is 3.38. The van der Waals surface area contributed by atoms with Gasteiger partial charge >= 0.3 is 14.9 Å². The second-order valence-electron chi connectivity index (χ2n) is 4.27. The van der Waals surface area contributed by atoms with Gasteiger partial charge in [0.05, 0.1) is 19.8 Å². The van der Waals surface area contributed by atoms with Crippen LogP contribution >= 0.6 is 0 Å². The lowest BCUT2D eigenvalue weighted by atomic mass is 10.5. The summed E-state index contributed by atoms with van der Waals surface area (Å²) in [6.07, 6.45) is 0.217. The van der Waals surface area contributed by atoms with Crippen molar-refractivity contribution in [3.8, 4) is 0 Å². The molecule has 0 fully saturated rings. The van der Waals surface area contributed by atoms with Crippen LogP contribution < -0.4 is 5.32 Å². The average Bonchev–Trinajstić information content (AvgIpc) is 2.55. The third-order valence-corrected chi connectivity index (χ3v) is 5.73. The smallest absolute Gasteiger partial charge is 0.447 e. The van der Waals surface area contributed by atoms with Crippen LogP contribution in [0.4, 0.5) is 4.79 Å². The van der Waals surface area contributed by atoms with Crippen molar-refractivity contribution < 1.29 is 32.3 Å². The summed E-state index contributed by atoms with van der Waals surface area (Å²) in [6.45, 7) is 4.67. The minimum absolute atomic E-state index is 0.213. The number of ether oxygens (including phenoxy) is 3. The minimum Gasteiger partial charge on any atom is -0.447 e. The van der Waals surface area contributed by atoms with Crippen LogP contribution in [0.15, 0.2) is 0 Å². The van der Waals surface area contributed by atoms with Gasteiger partial charge in [0.2, 0.25) is 0 Å². The topological polar surface area (TPSA) is 84.5 Å². The first-order valence-electron chi connectivity index (χ1n) is 7.35. The third-order valence-electron chi connectivity index (χ3n) is 2.90. The van der Waals surface area contributed by atoms with Crippen LogP contribution in [0.25, 0.3) is 0 Å². The second-order valence-corrected chi connectivity index (χ2v) is 7.36. The van der Waals surface area contributed by atoms with Crippen LogP contribution in [-0.2, 0) is 27.5 Å². The van der Waals surface area contributed by atoms with Crippen molar-refractivity contribution in [2.45, 2.75) is 19.4 Å². The molecule has 0 heterocycles. The number of nitrogens with one attached hydrogen (secondary N) is 1. The van der Waals surface area contributed by atoms with Gasteiger partial charge in [-0.05, 0) is 13.3 Å². The van der Waals surface area contributed by atoms with E-state index in [0.717, 1.165) is 0 Å². The van der Waals surface area contributed by atoms with Crippen LogP contribution in [0.5, 0.6) is 0 Å². The molecule has 0 saturated heterocycles. The first-order chi connectivity index (χ1) is 10.6. The van der Waals surface area contributed by atoms with Gasteiger partial charge in [0.25, 0.3) is 0 Å². The van der Waals surface area contributed by atoms with E-state index in [1.54, 1.807) is 21.3 Å². The Labute approximate surface area is 133 Å². The molecule has 0 saturated carbocycles. The number of alkyl carbamates (subject to hydrolysis) is 1. The monoisotopic (exact) mass is 339 g/mol. The van der Waals surface area contributed by atoms with Crippen molar-refractivity contribution in [2.24, 2.45) is 0 Å². The quantitative estimate of drug-likeness (QED) is 0.374. The number of carbonyl (C=O) groups excluding carboxylic acids is 1. The molecule has 1 amide bonds. The number of carbonyl (C=O) groups is 1. The van der Waals surface area contributed by atoms with Gasteiger partial charge < -0.3 is 32.8 Å². The van der Waals surface area contributed by atoms with Gasteiger partial charge in [-0.15, -0.1) is 0 Å². The summed E-state index contributed by atoms with van der Waals surface area (Å²) in [6, 6.07) is 0.622. The van der Waals surface area contributed by atoms with Crippen molar-refractivity contribution in [3.63, 3.8) is 0 Å². The Morgan fingerprint density at radius 1 is 0.955 bits per heavy atom. The van der Waals surface area contributed by atoms with E-state index in [0.29, 0.717) is 45.4 Å². The Kier molecular flexibility index (Phi) is 13.5. The number of rotatable bonds is 14. The molecule has 0 aromatic carbocycles. The Hall–Kier alpha value is -0.713. The molecule has 132 valence electrons. The molecule has 0 aliphatic rings. The predicted octanol–water partition coefficient (Wildman–Crippen LogP) is 1.03. The number of hydrogen-bond acceptors (Lipinski definition) is 7. The van der Waals surface area contributed by atoms with Gasteiger partial charge in [-0.1, -0.05) is 0 Å². The molecule has 0 aliphatic carbocycles. The summed E-state index contributed by atoms with van der Waals surface area (Å²) >= 11 is 0. The molecule has 1 N–H and O–H groups in total. The van der Waals surface area contributed by atoms with E-state index in [4.69, 9.17) is 27.5 Å². The van der Waals surface area contributed by atoms with Crippen molar-refractivity contribution >= 4 is 14.9 Å². The first kappa shape index (κ1) is 21.3. The largest absolute Gasteiger partial charge is 0.500 e. The molecule has 0 aromatic rings. The van der Waals surface area contributed by atoms with Crippen LogP contribution in [-0.4, -0.2) is 75.8 Å². The molecule has 8 nitrogen and oxygen atoms in total. The third kappa shape index (κ3) is 10.1. The van der Waals surface area contributed by atoms with Gasteiger partial charge in [-0.2, -0.15) is 0 Å². The zero-order valence-electron chi connectivity index (χ0n) is 14.0. The van der Waals surface area contributed by atoms with Crippen LogP contribution in [0, 0.1) is 0 Å². The summed E-state index contributed by atoms with van der Waals surface area (Å²) in [5.41, 5.74) is 0. The normalized spacial score (nSPS) is 11.5. The van der Waals surface area contributed by atoms with E-state index < -0.39 is 14.9 Å². The summed E-state index contributed by atoms with van der Waals surface area (Å²) in [5.74, 6) is 0. The van der Waals surface area contributed by atoms with E-state index in [9.17, 15) is 4.79 Å². The summed E-state index contributed by atoms with van der Waals surface area (Å²) < 4.78 is 31.2. The first-order valence-corrected chi connectivity index (χ1v) is 9.28. The fraction of sp³-hybridized carbons (Fsp3) is 0.923. The lowest BCUT2D eigenvalue weighted by Gasteiger charge is -2.24. The van der Waals surface area contributed by atoms with E-state index in [2.05, 4.69) is 5.32 Å². The lowest BCUT2D eigenvalue weighted by Crippen LogP contribution is -2.43. The van der Waals surface area contributed by atoms with Crippen molar-refractivity contribution in [1.82, 2.24) is 5.32 Å². The van der Waals surface area contributed by atoms with Crippen LogP contribution in [0.1, 0.15) is 13.3 Å². The van der Waals surface area contributed by atoms with E-state index >= 15 is 0 Å². The molecular formula is C13H29NO7Si. The standard InChI is InChI=1S/C13H29NO7Si/c1-5-19-8-9-20-10-11-21-13(15)14-7-6-12-22(16-2,17-3)18-4/h5-12H2,1-4H3,(H,14,15). The van der Waals surface area contributed by atoms with E-state index in [1.165, 1.54) is 0 Å². The van der Waals surface area contributed by atoms with Crippen LogP contribution in [0.2, 0.25) is 6.04 Å². The zero-order chi connectivity index (χ0) is 16.7. The maximum Gasteiger partial charge on any atom is 0.500 e. The highest BCUT2D eigenvalue weighted by Gasteiger charge is 2.36. The minimum atomic E-state index is -2.56. The highest BCUT2D eigenvalue weighted by atomic mass is 28.4.